The van der Waals surface area contributed by atoms with Gasteiger partial charge in [-0.2, -0.15) is 0 Å². The van der Waals surface area contributed by atoms with Crippen LogP contribution in [-0.4, -0.2) is 44.8 Å². The second kappa shape index (κ2) is 9.18. The van der Waals surface area contributed by atoms with Gasteiger partial charge in [0.2, 0.25) is 0 Å². The summed E-state index contributed by atoms with van der Waals surface area (Å²) in [6.07, 6.45) is 10.1. The molecule has 192 valence electrons. The van der Waals surface area contributed by atoms with Crippen LogP contribution in [0.25, 0.3) is 11.8 Å². The molecule has 1 aliphatic heterocycles. The molecule has 1 heterocycles. The number of allylic oxidation sites excluding steroid dienone is 1. The van der Waals surface area contributed by atoms with E-state index >= 15 is 0 Å². The van der Waals surface area contributed by atoms with Crippen LogP contribution in [0.5, 0.6) is 0 Å². The number of aldehydes is 1. The van der Waals surface area contributed by atoms with Crippen LogP contribution in [0.15, 0.2) is 23.8 Å². The highest BCUT2D eigenvalue weighted by atomic mass is 16.7. The van der Waals surface area contributed by atoms with E-state index in [-0.39, 0.29) is 0 Å². The van der Waals surface area contributed by atoms with E-state index in [1.165, 1.54) is 50.9 Å². The molecule has 0 atom stereocenters. The van der Waals surface area contributed by atoms with Gasteiger partial charge in [0.15, 0.2) is 6.29 Å². The van der Waals surface area contributed by atoms with Gasteiger partial charge in [0.25, 0.3) is 0 Å². The van der Waals surface area contributed by atoms with Crippen molar-refractivity contribution in [3.05, 3.63) is 40.5 Å². The van der Waals surface area contributed by atoms with Gasteiger partial charge in [-0.1, -0.05) is 6.07 Å². The van der Waals surface area contributed by atoms with Gasteiger partial charge in [0, 0.05) is 17.2 Å². The van der Waals surface area contributed by atoms with Crippen LogP contribution >= 0.6 is 0 Å². The van der Waals surface area contributed by atoms with Crippen molar-refractivity contribution in [2.24, 2.45) is 23.7 Å². The zero-order valence-electron chi connectivity index (χ0n) is 22.3. The quantitative estimate of drug-likeness (QED) is 0.187. The molecule has 1 aromatic carbocycles. The van der Waals surface area contributed by atoms with Crippen molar-refractivity contribution in [2.45, 2.75) is 71.0 Å². The minimum atomic E-state index is -0.659. The summed E-state index contributed by atoms with van der Waals surface area (Å²) in [5.74, 6) is 3.05. The van der Waals surface area contributed by atoms with Crippen LogP contribution in [-0.2, 0) is 23.6 Å². The SMILES string of the molecule is COC(=O)/C=C/c1cc(C=O)c(C(OC)=C2C3CC4CC(C3)CC2C4)cc1B1OC(C)(C)C(C)(C)O1. The number of carbonyl (C=O) groups excluding carboxylic acids is 2. The highest BCUT2D eigenvalue weighted by Crippen LogP contribution is 2.58. The van der Waals surface area contributed by atoms with Crippen LogP contribution in [0.2, 0.25) is 0 Å². The topological polar surface area (TPSA) is 71.1 Å². The summed E-state index contributed by atoms with van der Waals surface area (Å²) in [6, 6.07) is 3.78. The molecule has 1 aromatic rings. The summed E-state index contributed by atoms with van der Waals surface area (Å²) in [6.45, 7) is 8.03. The maximum Gasteiger partial charge on any atom is 0.495 e. The number of rotatable bonds is 6. The number of methoxy groups -OCH3 is 2. The third-order valence-corrected chi connectivity index (χ3v) is 9.22. The van der Waals surface area contributed by atoms with E-state index in [0.29, 0.717) is 23.0 Å². The fraction of sp³-hybridized carbons (Fsp3) is 0.586. The fourth-order valence-electron chi connectivity index (χ4n) is 6.94. The van der Waals surface area contributed by atoms with Crippen LogP contribution in [0.1, 0.15) is 81.3 Å². The molecule has 0 radical (unpaired) electrons. The maximum atomic E-state index is 12.4. The third kappa shape index (κ3) is 4.24. The first kappa shape index (κ1) is 25.3. The molecule has 4 aliphatic carbocycles. The Bertz CT molecular complexity index is 1080. The zero-order valence-corrected chi connectivity index (χ0v) is 22.3. The molecule has 0 unspecified atom stereocenters. The fourth-order valence-corrected chi connectivity index (χ4v) is 6.94. The highest BCUT2D eigenvalue weighted by molar-refractivity contribution is 6.63. The Balaban J connectivity index is 1.65. The number of benzene rings is 1. The summed E-state index contributed by atoms with van der Waals surface area (Å²) in [4.78, 5) is 24.2. The van der Waals surface area contributed by atoms with Crippen LogP contribution in [0, 0.1) is 23.7 Å². The number of hydrogen-bond acceptors (Lipinski definition) is 6. The number of ether oxygens (including phenoxy) is 2. The smallest absolute Gasteiger partial charge is 0.495 e. The Kier molecular flexibility index (Phi) is 6.45. The van der Waals surface area contributed by atoms with Crippen molar-refractivity contribution in [2.75, 3.05) is 14.2 Å². The Morgan fingerprint density at radius 1 is 0.917 bits per heavy atom. The minimum Gasteiger partial charge on any atom is -0.496 e. The molecule has 0 spiro atoms. The second-order valence-electron chi connectivity index (χ2n) is 11.9. The number of hydrogen-bond donors (Lipinski definition) is 0. The van der Waals surface area contributed by atoms with E-state index in [0.717, 1.165) is 34.9 Å². The summed E-state index contributed by atoms with van der Waals surface area (Å²) >= 11 is 0. The van der Waals surface area contributed by atoms with Crippen molar-refractivity contribution in [1.29, 1.82) is 0 Å². The predicted octanol–water partition coefficient (Wildman–Crippen LogP) is 4.80. The highest BCUT2D eigenvalue weighted by Gasteiger charge is 2.52. The van der Waals surface area contributed by atoms with Gasteiger partial charge in [-0.05, 0) is 112 Å². The number of carbonyl (C=O) groups is 2. The van der Waals surface area contributed by atoms with E-state index in [1.807, 2.05) is 33.8 Å². The van der Waals surface area contributed by atoms with Crippen molar-refractivity contribution in [3.8, 4) is 0 Å². The summed E-state index contributed by atoms with van der Waals surface area (Å²) < 4.78 is 23.7. The molecule has 6 nitrogen and oxygen atoms in total. The molecule has 4 bridgehead atoms. The lowest BCUT2D eigenvalue weighted by atomic mass is 9.54. The van der Waals surface area contributed by atoms with E-state index in [2.05, 4.69) is 0 Å². The molecule has 4 saturated carbocycles. The first-order valence-corrected chi connectivity index (χ1v) is 13.1. The molecule has 0 aromatic heterocycles. The lowest BCUT2D eigenvalue weighted by molar-refractivity contribution is -0.134. The van der Waals surface area contributed by atoms with Gasteiger partial charge in [0.05, 0.1) is 25.4 Å². The van der Waals surface area contributed by atoms with E-state index in [9.17, 15) is 9.59 Å². The van der Waals surface area contributed by atoms with Gasteiger partial charge in [-0.3, -0.25) is 4.79 Å². The average Bonchev–Trinajstić information content (AvgIpc) is 3.05. The van der Waals surface area contributed by atoms with Gasteiger partial charge in [0.1, 0.15) is 5.76 Å². The Labute approximate surface area is 214 Å². The van der Waals surface area contributed by atoms with Crippen molar-refractivity contribution in [3.63, 3.8) is 0 Å². The van der Waals surface area contributed by atoms with E-state index in [4.69, 9.17) is 18.8 Å². The molecule has 5 aliphatic rings. The van der Waals surface area contributed by atoms with Crippen LogP contribution in [0.3, 0.4) is 0 Å². The Morgan fingerprint density at radius 2 is 1.50 bits per heavy atom. The lowest BCUT2D eigenvalue weighted by Crippen LogP contribution is -2.41. The van der Waals surface area contributed by atoms with Gasteiger partial charge in [-0.15, -0.1) is 0 Å². The third-order valence-electron chi connectivity index (χ3n) is 9.22. The summed E-state index contributed by atoms with van der Waals surface area (Å²) in [5.41, 5.74) is 3.05. The zero-order chi connectivity index (χ0) is 25.8. The van der Waals surface area contributed by atoms with E-state index in [1.54, 1.807) is 19.3 Å². The monoisotopic (exact) mass is 492 g/mol. The predicted molar refractivity (Wildman–Crippen MR) is 140 cm³/mol. The molecular formula is C29H37BO6. The normalized spacial score (nSPS) is 29.6. The molecule has 1 saturated heterocycles. The molecule has 36 heavy (non-hydrogen) atoms. The second-order valence-corrected chi connectivity index (χ2v) is 11.9. The van der Waals surface area contributed by atoms with Crippen molar-refractivity contribution < 1.29 is 28.4 Å². The molecule has 5 fully saturated rings. The first-order valence-electron chi connectivity index (χ1n) is 13.1. The summed E-state index contributed by atoms with van der Waals surface area (Å²) in [5, 5.41) is 0. The lowest BCUT2D eigenvalue weighted by Gasteiger charge is -2.51. The molecule has 0 amide bonds. The summed E-state index contributed by atoms with van der Waals surface area (Å²) in [7, 11) is 2.39. The van der Waals surface area contributed by atoms with Crippen LogP contribution < -0.4 is 5.46 Å². The van der Waals surface area contributed by atoms with Crippen LogP contribution in [0.4, 0.5) is 0 Å². The minimum absolute atomic E-state index is 0.472. The Hall–Kier alpha value is -2.38. The molecule has 7 heteroatoms. The molecule has 6 rings (SSSR count). The van der Waals surface area contributed by atoms with Gasteiger partial charge >= 0.3 is 13.1 Å². The standard InChI is InChI=1S/C29H37BO6/c1-28(2)29(3,4)36-30(35-28)24-15-23(22(16-31)14-19(24)7-8-25(32)33-5)27(34-6)26-20-10-17-9-18(12-20)13-21(26)11-17/h7-8,14-18,20-21H,9-13H2,1-6H3/b8-7+,27-26?. The number of esters is 1. The maximum absolute atomic E-state index is 12.4. The molecule has 0 N–H and O–H groups in total. The van der Waals surface area contributed by atoms with Crippen molar-refractivity contribution in [1.82, 2.24) is 0 Å². The van der Waals surface area contributed by atoms with Gasteiger partial charge in [-0.25, -0.2) is 4.79 Å². The molecular weight excluding hydrogens is 455 g/mol. The van der Waals surface area contributed by atoms with Gasteiger partial charge < -0.3 is 18.8 Å². The first-order chi connectivity index (χ1) is 17.1. The van der Waals surface area contributed by atoms with E-state index < -0.39 is 24.3 Å². The Morgan fingerprint density at radius 3 is 2.00 bits per heavy atom. The van der Waals surface area contributed by atoms with Crippen molar-refractivity contribution >= 4 is 36.7 Å². The largest absolute Gasteiger partial charge is 0.496 e. The average molecular weight is 492 g/mol.